The van der Waals surface area contributed by atoms with Crippen molar-refractivity contribution in [2.24, 2.45) is 0 Å². The number of carbonyl (C=O) groups excluding carboxylic acids is 1. The van der Waals surface area contributed by atoms with E-state index in [1.54, 1.807) is 6.92 Å². The molecule has 24 heavy (non-hydrogen) atoms. The highest BCUT2D eigenvalue weighted by Crippen LogP contribution is 2.31. The van der Waals surface area contributed by atoms with Crippen molar-refractivity contribution in [2.45, 2.75) is 46.1 Å². The Morgan fingerprint density at radius 1 is 1.17 bits per heavy atom. The summed E-state index contributed by atoms with van der Waals surface area (Å²) in [5, 5.41) is 2.88. The molecule has 1 aliphatic heterocycles. The Labute approximate surface area is 144 Å². The SMILES string of the molecule is CC(=O)Nc1ccc2c(c1)CCCN2Cc1ccc(C(C)C)cc1. The Morgan fingerprint density at radius 2 is 1.92 bits per heavy atom. The lowest BCUT2D eigenvalue weighted by Crippen LogP contribution is -2.28. The third kappa shape index (κ3) is 3.78. The fourth-order valence-corrected chi connectivity index (χ4v) is 3.35. The van der Waals surface area contributed by atoms with Crippen molar-refractivity contribution in [3.8, 4) is 0 Å². The first-order valence-electron chi connectivity index (χ1n) is 8.77. The van der Waals surface area contributed by atoms with Crippen LogP contribution < -0.4 is 10.2 Å². The first-order chi connectivity index (χ1) is 11.5. The number of aryl methyl sites for hydroxylation is 1. The predicted octanol–water partition coefficient (Wildman–Crippen LogP) is 4.72. The first-order valence-corrected chi connectivity index (χ1v) is 8.77. The fraction of sp³-hybridized carbons (Fsp3) is 0.381. The van der Waals surface area contributed by atoms with Gasteiger partial charge in [0.2, 0.25) is 5.91 Å². The number of fused-ring (bicyclic) bond motifs is 1. The van der Waals surface area contributed by atoms with Crippen LogP contribution in [0.1, 0.15) is 49.8 Å². The van der Waals surface area contributed by atoms with E-state index in [-0.39, 0.29) is 5.91 Å². The zero-order chi connectivity index (χ0) is 17.1. The van der Waals surface area contributed by atoms with Crippen LogP contribution in [-0.4, -0.2) is 12.5 Å². The van der Waals surface area contributed by atoms with E-state index < -0.39 is 0 Å². The van der Waals surface area contributed by atoms with Crippen LogP contribution in [0.4, 0.5) is 11.4 Å². The lowest BCUT2D eigenvalue weighted by Gasteiger charge is -2.32. The molecule has 0 aliphatic carbocycles. The predicted molar refractivity (Wildman–Crippen MR) is 101 cm³/mol. The number of nitrogens with zero attached hydrogens (tertiary/aromatic N) is 1. The van der Waals surface area contributed by atoms with E-state index in [4.69, 9.17) is 0 Å². The summed E-state index contributed by atoms with van der Waals surface area (Å²) in [6.07, 6.45) is 2.23. The normalized spacial score (nSPS) is 13.8. The van der Waals surface area contributed by atoms with Crippen molar-refractivity contribution >= 4 is 17.3 Å². The third-order valence-corrected chi connectivity index (χ3v) is 4.63. The molecule has 0 fully saturated rings. The van der Waals surface area contributed by atoms with Gasteiger partial charge in [0.05, 0.1) is 0 Å². The van der Waals surface area contributed by atoms with Gasteiger partial charge in [-0.3, -0.25) is 4.79 Å². The van der Waals surface area contributed by atoms with Crippen LogP contribution in [0.5, 0.6) is 0 Å². The van der Waals surface area contributed by atoms with Crippen LogP contribution in [0, 0.1) is 0 Å². The smallest absolute Gasteiger partial charge is 0.221 e. The molecule has 2 aromatic carbocycles. The number of hydrogen-bond donors (Lipinski definition) is 1. The molecule has 1 amide bonds. The number of amides is 1. The Hall–Kier alpha value is -2.29. The number of rotatable bonds is 4. The Balaban J connectivity index is 1.78. The summed E-state index contributed by atoms with van der Waals surface area (Å²) in [7, 11) is 0. The van der Waals surface area contributed by atoms with Gasteiger partial charge in [0, 0.05) is 31.4 Å². The molecule has 0 bridgehead atoms. The third-order valence-electron chi connectivity index (χ3n) is 4.63. The minimum atomic E-state index is -0.0205. The quantitative estimate of drug-likeness (QED) is 0.883. The van der Waals surface area contributed by atoms with Crippen molar-refractivity contribution in [1.82, 2.24) is 0 Å². The zero-order valence-corrected chi connectivity index (χ0v) is 14.8. The number of anilines is 2. The summed E-state index contributed by atoms with van der Waals surface area (Å²) in [6, 6.07) is 15.2. The molecule has 1 aliphatic rings. The average Bonchev–Trinajstić information content (AvgIpc) is 2.55. The molecule has 3 rings (SSSR count). The van der Waals surface area contributed by atoms with Crippen LogP contribution in [0.2, 0.25) is 0 Å². The maximum atomic E-state index is 11.2. The molecule has 0 saturated heterocycles. The van der Waals surface area contributed by atoms with Gasteiger partial charge in [0.25, 0.3) is 0 Å². The molecule has 1 N–H and O–H groups in total. The van der Waals surface area contributed by atoms with Crippen LogP contribution in [0.25, 0.3) is 0 Å². The summed E-state index contributed by atoms with van der Waals surface area (Å²) in [5.74, 6) is 0.551. The molecule has 2 aromatic rings. The second-order valence-corrected chi connectivity index (χ2v) is 6.95. The number of benzene rings is 2. The fourth-order valence-electron chi connectivity index (χ4n) is 3.35. The Bertz CT molecular complexity index is 719. The summed E-state index contributed by atoms with van der Waals surface area (Å²) in [5.41, 5.74) is 6.25. The standard InChI is InChI=1S/C21H26N2O/c1-15(2)18-8-6-17(7-9-18)14-23-12-4-5-19-13-20(22-16(3)24)10-11-21(19)23/h6-11,13,15H,4-5,12,14H2,1-3H3,(H,22,24). The van der Waals surface area contributed by atoms with E-state index >= 15 is 0 Å². The van der Waals surface area contributed by atoms with Gasteiger partial charge in [-0.1, -0.05) is 38.1 Å². The summed E-state index contributed by atoms with van der Waals surface area (Å²) in [6.45, 7) is 8.01. The molecular formula is C21H26N2O. The minimum Gasteiger partial charge on any atom is -0.367 e. The highest BCUT2D eigenvalue weighted by molar-refractivity contribution is 5.89. The molecule has 0 unspecified atom stereocenters. The number of hydrogen-bond acceptors (Lipinski definition) is 2. The van der Waals surface area contributed by atoms with E-state index in [9.17, 15) is 4.79 Å². The average molecular weight is 322 g/mol. The second-order valence-electron chi connectivity index (χ2n) is 6.95. The van der Waals surface area contributed by atoms with E-state index in [1.165, 1.54) is 22.4 Å². The van der Waals surface area contributed by atoms with Gasteiger partial charge >= 0.3 is 0 Å². The topological polar surface area (TPSA) is 32.3 Å². The highest BCUT2D eigenvalue weighted by Gasteiger charge is 2.17. The minimum absolute atomic E-state index is 0.0205. The van der Waals surface area contributed by atoms with Crippen LogP contribution in [0.15, 0.2) is 42.5 Å². The van der Waals surface area contributed by atoms with E-state index in [0.29, 0.717) is 5.92 Å². The van der Waals surface area contributed by atoms with Gasteiger partial charge in [-0.2, -0.15) is 0 Å². The van der Waals surface area contributed by atoms with Crippen molar-refractivity contribution in [3.05, 3.63) is 59.2 Å². The molecule has 3 heteroatoms. The second kappa shape index (κ2) is 7.08. The molecular weight excluding hydrogens is 296 g/mol. The molecule has 0 spiro atoms. The van der Waals surface area contributed by atoms with E-state index in [2.05, 4.69) is 60.5 Å². The summed E-state index contributed by atoms with van der Waals surface area (Å²) >= 11 is 0. The maximum Gasteiger partial charge on any atom is 0.221 e. The number of nitrogens with one attached hydrogen (secondary N) is 1. The molecule has 1 heterocycles. The molecule has 0 radical (unpaired) electrons. The molecule has 3 nitrogen and oxygen atoms in total. The number of carbonyl (C=O) groups is 1. The van der Waals surface area contributed by atoms with Gasteiger partial charge in [-0.05, 0) is 53.6 Å². The molecule has 0 atom stereocenters. The van der Waals surface area contributed by atoms with Gasteiger partial charge in [0.1, 0.15) is 0 Å². The largest absolute Gasteiger partial charge is 0.367 e. The van der Waals surface area contributed by atoms with Crippen molar-refractivity contribution in [2.75, 3.05) is 16.8 Å². The maximum absolute atomic E-state index is 11.2. The first kappa shape index (κ1) is 16.6. The van der Waals surface area contributed by atoms with E-state index in [1.807, 2.05) is 6.07 Å². The lowest BCUT2D eigenvalue weighted by molar-refractivity contribution is -0.114. The van der Waals surface area contributed by atoms with Crippen molar-refractivity contribution < 1.29 is 4.79 Å². The monoisotopic (exact) mass is 322 g/mol. The van der Waals surface area contributed by atoms with Crippen LogP contribution in [-0.2, 0) is 17.8 Å². The summed E-state index contributed by atoms with van der Waals surface area (Å²) < 4.78 is 0. The van der Waals surface area contributed by atoms with Crippen LogP contribution >= 0.6 is 0 Å². The van der Waals surface area contributed by atoms with Crippen LogP contribution in [0.3, 0.4) is 0 Å². The van der Waals surface area contributed by atoms with Gasteiger partial charge < -0.3 is 10.2 Å². The summed E-state index contributed by atoms with van der Waals surface area (Å²) in [4.78, 5) is 13.7. The molecule has 0 aromatic heterocycles. The van der Waals surface area contributed by atoms with Crippen molar-refractivity contribution in [1.29, 1.82) is 0 Å². The Morgan fingerprint density at radius 3 is 2.58 bits per heavy atom. The van der Waals surface area contributed by atoms with Gasteiger partial charge in [-0.25, -0.2) is 0 Å². The molecule has 126 valence electrons. The van der Waals surface area contributed by atoms with Gasteiger partial charge in [0.15, 0.2) is 0 Å². The molecule has 0 saturated carbocycles. The highest BCUT2D eigenvalue weighted by atomic mass is 16.1. The lowest BCUT2D eigenvalue weighted by atomic mass is 9.99. The Kier molecular flexibility index (Phi) is 4.89. The zero-order valence-electron chi connectivity index (χ0n) is 14.8. The van der Waals surface area contributed by atoms with E-state index in [0.717, 1.165) is 31.6 Å². The van der Waals surface area contributed by atoms with Crippen molar-refractivity contribution in [3.63, 3.8) is 0 Å². The van der Waals surface area contributed by atoms with Gasteiger partial charge in [-0.15, -0.1) is 0 Å².